The van der Waals surface area contributed by atoms with Gasteiger partial charge < -0.3 is 10.4 Å². The molecule has 0 saturated carbocycles. The summed E-state index contributed by atoms with van der Waals surface area (Å²) < 4.78 is 0. The quantitative estimate of drug-likeness (QED) is 0.224. The van der Waals surface area contributed by atoms with E-state index in [2.05, 4.69) is 0 Å². The summed E-state index contributed by atoms with van der Waals surface area (Å²) in [6.45, 7) is 0.0817. The molecular weight excluding hydrogens is 138 g/mol. The van der Waals surface area contributed by atoms with Gasteiger partial charge in [-0.05, 0) is 0 Å². The molecule has 6 nitrogen and oxygen atoms in total. The van der Waals surface area contributed by atoms with Gasteiger partial charge >= 0.3 is 6.09 Å². The van der Waals surface area contributed by atoms with Crippen LogP contribution in [0.4, 0.5) is 4.79 Å². The van der Waals surface area contributed by atoms with E-state index in [0.29, 0.717) is 0 Å². The SMILES string of the molecule is NNC(=O)CCNC(=O)O. The van der Waals surface area contributed by atoms with Crippen molar-refractivity contribution in [2.45, 2.75) is 6.42 Å². The molecule has 0 bridgehead atoms. The number of amides is 2. The number of hydrazine groups is 1. The van der Waals surface area contributed by atoms with Crippen LogP contribution in [0.5, 0.6) is 0 Å². The second kappa shape index (κ2) is 4.57. The van der Waals surface area contributed by atoms with Crippen LogP contribution in [0.25, 0.3) is 0 Å². The van der Waals surface area contributed by atoms with E-state index in [1.807, 2.05) is 10.7 Å². The molecule has 0 spiro atoms. The topological polar surface area (TPSA) is 104 Å². The summed E-state index contributed by atoms with van der Waals surface area (Å²) in [5, 5.41) is 10.0. The molecule has 0 aliphatic carbocycles. The summed E-state index contributed by atoms with van der Waals surface area (Å²) in [7, 11) is 0. The Morgan fingerprint density at radius 2 is 2.10 bits per heavy atom. The third-order valence-corrected chi connectivity index (χ3v) is 0.789. The standard InChI is InChI=1S/C4H9N3O3/c5-7-3(8)1-2-6-4(9)10/h6H,1-2,5H2,(H,7,8)(H,9,10). The lowest BCUT2D eigenvalue weighted by Gasteiger charge is -1.98. The van der Waals surface area contributed by atoms with Crippen molar-refractivity contribution in [2.75, 3.05) is 6.54 Å². The zero-order valence-electron chi connectivity index (χ0n) is 5.26. The van der Waals surface area contributed by atoms with Gasteiger partial charge in [0.1, 0.15) is 0 Å². The molecule has 0 aromatic heterocycles. The lowest BCUT2D eigenvalue weighted by atomic mass is 10.4. The highest BCUT2D eigenvalue weighted by Crippen LogP contribution is 1.73. The van der Waals surface area contributed by atoms with Gasteiger partial charge in [0.05, 0.1) is 0 Å². The second-order valence-corrected chi connectivity index (χ2v) is 1.55. The largest absolute Gasteiger partial charge is 0.465 e. The number of carboxylic acid groups (broad SMARTS) is 1. The predicted molar refractivity (Wildman–Crippen MR) is 33.0 cm³/mol. The fourth-order valence-corrected chi connectivity index (χ4v) is 0.355. The Morgan fingerprint density at radius 3 is 2.50 bits per heavy atom. The molecule has 0 fully saturated rings. The minimum Gasteiger partial charge on any atom is -0.465 e. The van der Waals surface area contributed by atoms with Crippen LogP contribution < -0.4 is 16.6 Å². The Labute approximate surface area is 57.4 Å². The van der Waals surface area contributed by atoms with E-state index in [1.54, 1.807) is 0 Å². The van der Waals surface area contributed by atoms with Crippen LogP contribution in [0.3, 0.4) is 0 Å². The molecule has 0 saturated heterocycles. The van der Waals surface area contributed by atoms with Gasteiger partial charge in [-0.2, -0.15) is 0 Å². The molecule has 5 N–H and O–H groups in total. The molecule has 58 valence electrons. The van der Waals surface area contributed by atoms with Gasteiger partial charge in [0.25, 0.3) is 0 Å². The zero-order valence-corrected chi connectivity index (χ0v) is 5.26. The van der Waals surface area contributed by atoms with Gasteiger partial charge in [-0.1, -0.05) is 0 Å². The van der Waals surface area contributed by atoms with Gasteiger partial charge in [-0.3, -0.25) is 10.2 Å². The maximum Gasteiger partial charge on any atom is 0.404 e. The molecule has 0 heterocycles. The van der Waals surface area contributed by atoms with Crippen molar-refractivity contribution in [3.63, 3.8) is 0 Å². The maximum atomic E-state index is 10.3. The average Bonchev–Trinajstić information content (AvgIpc) is 1.87. The molecule has 0 aromatic rings. The highest BCUT2D eigenvalue weighted by molar-refractivity contribution is 5.76. The Balaban J connectivity index is 3.20. The molecule has 0 unspecified atom stereocenters. The zero-order chi connectivity index (χ0) is 7.98. The first-order valence-corrected chi connectivity index (χ1v) is 2.63. The van der Waals surface area contributed by atoms with E-state index in [1.165, 1.54) is 0 Å². The lowest BCUT2D eigenvalue weighted by molar-refractivity contribution is -0.121. The van der Waals surface area contributed by atoms with E-state index < -0.39 is 12.0 Å². The fourth-order valence-electron chi connectivity index (χ4n) is 0.355. The number of hydrogen-bond donors (Lipinski definition) is 4. The van der Waals surface area contributed by atoms with Gasteiger partial charge in [0.2, 0.25) is 5.91 Å². The first-order chi connectivity index (χ1) is 4.66. The third-order valence-electron chi connectivity index (χ3n) is 0.789. The first-order valence-electron chi connectivity index (χ1n) is 2.63. The summed E-state index contributed by atoms with van der Waals surface area (Å²) in [5.41, 5.74) is 1.87. The Hall–Kier alpha value is -1.30. The molecule has 10 heavy (non-hydrogen) atoms. The number of nitrogens with one attached hydrogen (secondary N) is 2. The average molecular weight is 147 g/mol. The van der Waals surface area contributed by atoms with E-state index in [-0.39, 0.29) is 13.0 Å². The van der Waals surface area contributed by atoms with Crippen molar-refractivity contribution >= 4 is 12.0 Å². The highest BCUT2D eigenvalue weighted by atomic mass is 16.4. The van der Waals surface area contributed by atoms with Crippen LogP contribution >= 0.6 is 0 Å². The first kappa shape index (κ1) is 8.70. The molecule has 0 aliphatic rings. The summed E-state index contributed by atoms with van der Waals surface area (Å²) >= 11 is 0. The van der Waals surface area contributed by atoms with E-state index in [9.17, 15) is 9.59 Å². The normalized spacial score (nSPS) is 8.50. The van der Waals surface area contributed by atoms with Crippen LogP contribution in [0.1, 0.15) is 6.42 Å². The molecule has 6 heteroatoms. The molecule has 2 amide bonds. The summed E-state index contributed by atoms with van der Waals surface area (Å²) in [5.74, 6) is 4.32. The maximum absolute atomic E-state index is 10.3. The Morgan fingerprint density at radius 1 is 1.50 bits per heavy atom. The van der Waals surface area contributed by atoms with Crippen molar-refractivity contribution < 1.29 is 14.7 Å². The number of carbonyl (C=O) groups excluding carboxylic acids is 1. The Kier molecular flexibility index (Phi) is 3.97. The van der Waals surface area contributed by atoms with Gasteiger partial charge in [-0.15, -0.1) is 0 Å². The number of rotatable bonds is 3. The lowest BCUT2D eigenvalue weighted by Crippen LogP contribution is -2.33. The summed E-state index contributed by atoms with van der Waals surface area (Å²) in [6, 6.07) is 0. The predicted octanol–water partition coefficient (Wildman–Crippen LogP) is -1.37. The summed E-state index contributed by atoms with van der Waals surface area (Å²) in [6.07, 6.45) is -1.09. The van der Waals surface area contributed by atoms with E-state index >= 15 is 0 Å². The van der Waals surface area contributed by atoms with Crippen molar-refractivity contribution in [1.82, 2.24) is 10.7 Å². The molecular formula is C4H9N3O3. The molecule has 0 rings (SSSR count). The van der Waals surface area contributed by atoms with Gasteiger partial charge in [0.15, 0.2) is 0 Å². The van der Waals surface area contributed by atoms with Crippen molar-refractivity contribution in [3.05, 3.63) is 0 Å². The minimum atomic E-state index is -1.15. The van der Waals surface area contributed by atoms with Crippen LogP contribution in [0.2, 0.25) is 0 Å². The smallest absolute Gasteiger partial charge is 0.404 e. The number of nitrogens with two attached hydrogens (primary N) is 1. The fraction of sp³-hybridized carbons (Fsp3) is 0.500. The molecule has 0 radical (unpaired) electrons. The van der Waals surface area contributed by atoms with Gasteiger partial charge in [-0.25, -0.2) is 10.6 Å². The Bertz CT molecular complexity index is 136. The molecule has 0 aliphatic heterocycles. The molecule has 0 atom stereocenters. The third kappa shape index (κ3) is 4.85. The summed E-state index contributed by atoms with van der Waals surface area (Å²) in [4.78, 5) is 20.1. The van der Waals surface area contributed by atoms with Crippen molar-refractivity contribution in [2.24, 2.45) is 5.84 Å². The number of hydrogen-bond acceptors (Lipinski definition) is 3. The van der Waals surface area contributed by atoms with Gasteiger partial charge in [0, 0.05) is 13.0 Å². The van der Waals surface area contributed by atoms with E-state index in [0.717, 1.165) is 0 Å². The van der Waals surface area contributed by atoms with E-state index in [4.69, 9.17) is 10.9 Å². The van der Waals surface area contributed by atoms with Crippen molar-refractivity contribution in [3.8, 4) is 0 Å². The van der Waals surface area contributed by atoms with Crippen LogP contribution in [0, 0.1) is 0 Å². The van der Waals surface area contributed by atoms with Crippen molar-refractivity contribution in [1.29, 1.82) is 0 Å². The molecule has 0 aromatic carbocycles. The van der Waals surface area contributed by atoms with Crippen LogP contribution in [-0.2, 0) is 4.79 Å². The highest BCUT2D eigenvalue weighted by Gasteiger charge is 1.98. The monoisotopic (exact) mass is 147 g/mol. The second-order valence-electron chi connectivity index (χ2n) is 1.55. The minimum absolute atomic E-state index is 0.0583. The van der Waals surface area contributed by atoms with Crippen LogP contribution in [-0.4, -0.2) is 23.7 Å². The van der Waals surface area contributed by atoms with Crippen LogP contribution in [0.15, 0.2) is 0 Å². The number of carbonyl (C=O) groups is 2.